The van der Waals surface area contributed by atoms with Crippen molar-refractivity contribution >= 4 is 0 Å². The highest BCUT2D eigenvalue weighted by molar-refractivity contribution is 5.50. The second-order valence-electron chi connectivity index (χ2n) is 3.29. The molecule has 0 atom stereocenters. The predicted octanol–water partition coefficient (Wildman–Crippen LogP) is 0.944. The Balaban J connectivity index is 2.33. The molecule has 0 bridgehead atoms. The molecular formula is C10H13NO4. The number of ether oxygens (including phenoxy) is 2. The fraction of sp³-hybridized carbons (Fsp3) is 0.400. The maximum atomic E-state index is 9.62. The smallest absolute Gasteiger partial charge is 0.164 e. The van der Waals surface area contributed by atoms with Crippen LogP contribution in [0.1, 0.15) is 12.0 Å². The van der Waals surface area contributed by atoms with Crippen LogP contribution in [-0.2, 0) is 11.4 Å². The molecule has 0 spiro atoms. The minimum Gasteiger partial charge on any atom is -0.507 e. The summed E-state index contributed by atoms with van der Waals surface area (Å²) in [5.74, 6) is 6.24. The van der Waals surface area contributed by atoms with Gasteiger partial charge in [0.25, 0.3) is 0 Å². The van der Waals surface area contributed by atoms with Crippen LogP contribution in [0, 0.1) is 0 Å². The number of phenolic OH excluding ortho intramolecular Hbond substituents is 1. The van der Waals surface area contributed by atoms with Crippen molar-refractivity contribution in [3.05, 3.63) is 17.7 Å². The van der Waals surface area contributed by atoms with Gasteiger partial charge in [-0.05, 0) is 6.07 Å². The van der Waals surface area contributed by atoms with E-state index in [0.717, 1.165) is 6.42 Å². The van der Waals surface area contributed by atoms with Gasteiger partial charge in [0.05, 0.1) is 19.8 Å². The van der Waals surface area contributed by atoms with Crippen molar-refractivity contribution < 1.29 is 19.4 Å². The van der Waals surface area contributed by atoms with E-state index in [1.165, 1.54) is 6.07 Å². The summed E-state index contributed by atoms with van der Waals surface area (Å²) in [5, 5.41) is 9.62. The monoisotopic (exact) mass is 211 g/mol. The van der Waals surface area contributed by atoms with Gasteiger partial charge in [0.2, 0.25) is 0 Å². The summed E-state index contributed by atoms with van der Waals surface area (Å²) in [4.78, 5) is 4.47. The molecule has 0 unspecified atom stereocenters. The summed E-state index contributed by atoms with van der Waals surface area (Å²) in [7, 11) is 0. The van der Waals surface area contributed by atoms with E-state index in [1.54, 1.807) is 6.07 Å². The fourth-order valence-electron chi connectivity index (χ4n) is 1.45. The molecule has 1 aromatic carbocycles. The first-order valence-electron chi connectivity index (χ1n) is 4.74. The van der Waals surface area contributed by atoms with E-state index in [0.29, 0.717) is 30.3 Å². The van der Waals surface area contributed by atoms with Crippen LogP contribution in [0.15, 0.2) is 12.1 Å². The van der Waals surface area contributed by atoms with Gasteiger partial charge in [0.15, 0.2) is 11.5 Å². The zero-order valence-corrected chi connectivity index (χ0v) is 8.23. The normalized spacial score (nSPS) is 14.7. The number of hydrogen-bond donors (Lipinski definition) is 2. The van der Waals surface area contributed by atoms with Crippen molar-refractivity contribution in [2.24, 2.45) is 5.90 Å². The number of phenols is 1. The van der Waals surface area contributed by atoms with E-state index in [1.807, 2.05) is 0 Å². The first-order valence-corrected chi connectivity index (χ1v) is 4.74. The van der Waals surface area contributed by atoms with Crippen LogP contribution in [0.5, 0.6) is 17.2 Å². The summed E-state index contributed by atoms with van der Waals surface area (Å²) >= 11 is 0. The van der Waals surface area contributed by atoms with E-state index in [2.05, 4.69) is 4.84 Å². The second-order valence-corrected chi connectivity index (χ2v) is 3.29. The molecule has 0 fully saturated rings. The SMILES string of the molecule is NOCc1cc2c(cc1O)OCCCO2. The molecular weight excluding hydrogens is 198 g/mol. The summed E-state index contributed by atoms with van der Waals surface area (Å²) in [5.41, 5.74) is 0.585. The highest BCUT2D eigenvalue weighted by Crippen LogP contribution is 2.35. The average Bonchev–Trinajstić information content (AvgIpc) is 2.44. The lowest BCUT2D eigenvalue weighted by molar-refractivity contribution is 0.122. The lowest BCUT2D eigenvalue weighted by Gasteiger charge is -2.10. The Morgan fingerprint density at radius 2 is 1.93 bits per heavy atom. The van der Waals surface area contributed by atoms with Gasteiger partial charge < -0.3 is 14.6 Å². The molecule has 5 heteroatoms. The van der Waals surface area contributed by atoms with Crippen LogP contribution in [0.2, 0.25) is 0 Å². The minimum atomic E-state index is 0.102. The van der Waals surface area contributed by atoms with E-state index in [-0.39, 0.29) is 12.4 Å². The molecule has 82 valence electrons. The summed E-state index contributed by atoms with van der Waals surface area (Å²) in [6, 6.07) is 3.21. The second kappa shape index (κ2) is 4.37. The molecule has 1 heterocycles. The van der Waals surface area contributed by atoms with Gasteiger partial charge in [-0.15, -0.1) is 0 Å². The van der Waals surface area contributed by atoms with Crippen LogP contribution in [-0.4, -0.2) is 18.3 Å². The highest BCUT2D eigenvalue weighted by atomic mass is 16.6. The lowest BCUT2D eigenvalue weighted by Crippen LogP contribution is -2.00. The molecule has 1 aliphatic rings. The Labute approximate surface area is 87.3 Å². The standard InChI is InChI=1S/C10H13NO4/c11-15-6-7-4-9-10(5-8(7)12)14-3-1-2-13-9/h4-5,12H,1-3,6,11H2. The molecule has 5 nitrogen and oxygen atoms in total. The van der Waals surface area contributed by atoms with Crippen LogP contribution < -0.4 is 15.4 Å². The van der Waals surface area contributed by atoms with Crippen LogP contribution in [0.4, 0.5) is 0 Å². The van der Waals surface area contributed by atoms with Crippen LogP contribution >= 0.6 is 0 Å². The highest BCUT2D eigenvalue weighted by Gasteiger charge is 2.14. The van der Waals surface area contributed by atoms with Crippen molar-refractivity contribution in [3.8, 4) is 17.2 Å². The van der Waals surface area contributed by atoms with Crippen molar-refractivity contribution in [1.29, 1.82) is 0 Å². The number of rotatable bonds is 2. The Kier molecular flexibility index (Phi) is 2.94. The molecule has 3 N–H and O–H groups in total. The van der Waals surface area contributed by atoms with Crippen molar-refractivity contribution in [1.82, 2.24) is 0 Å². The molecule has 1 aliphatic heterocycles. The molecule has 0 aliphatic carbocycles. The molecule has 15 heavy (non-hydrogen) atoms. The molecule has 2 rings (SSSR count). The Hall–Kier alpha value is -1.46. The van der Waals surface area contributed by atoms with E-state index in [9.17, 15) is 5.11 Å². The molecule has 0 saturated carbocycles. The number of aromatic hydroxyl groups is 1. The third-order valence-corrected chi connectivity index (χ3v) is 2.19. The van der Waals surface area contributed by atoms with Crippen LogP contribution in [0.25, 0.3) is 0 Å². The molecule has 0 saturated heterocycles. The van der Waals surface area contributed by atoms with Gasteiger partial charge in [-0.25, -0.2) is 5.90 Å². The first kappa shape index (κ1) is 10.1. The van der Waals surface area contributed by atoms with Gasteiger partial charge in [0.1, 0.15) is 5.75 Å². The van der Waals surface area contributed by atoms with Gasteiger partial charge in [-0.2, -0.15) is 0 Å². The Morgan fingerprint density at radius 3 is 2.60 bits per heavy atom. The number of fused-ring (bicyclic) bond motifs is 1. The topological polar surface area (TPSA) is 73.9 Å². The van der Waals surface area contributed by atoms with E-state index in [4.69, 9.17) is 15.4 Å². The average molecular weight is 211 g/mol. The maximum absolute atomic E-state index is 9.62. The third kappa shape index (κ3) is 2.14. The van der Waals surface area contributed by atoms with E-state index < -0.39 is 0 Å². The summed E-state index contributed by atoms with van der Waals surface area (Å²) in [6.07, 6.45) is 0.832. The van der Waals surface area contributed by atoms with Crippen molar-refractivity contribution in [2.75, 3.05) is 13.2 Å². The predicted molar refractivity (Wildman–Crippen MR) is 52.7 cm³/mol. The molecule has 0 radical (unpaired) electrons. The zero-order valence-electron chi connectivity index (χ0n) is 8.23. The summed E-state index contributed by atoms with van der Waals surface area (Å²) in [6.45, 7) is 1.35. The molecule has 0 aromatic heterocycles. The number of hydrogen-bond acceptors (Lipinski definition) is 5. The lowest BCUT2D eigenvalue weighted by atomic mass is 10.2. The minimum absolute atomic E-state index is 0.102. The number of nitrogens with two attached hydrogens (primary N) is 1. The quantitative estimate of drug-likeness (QED) is 0.712. The Morgan fingerprint density at radius 1 is 1.27 bits per heavy atom. The summed E-state index contributed by atoms with van der Waals surface area (Å²) < 4.78 is 10.9. The van der Waals surface area contributed by atoms with Crippen molar-refractivity contribution in [2.45, 2.75) is 13.0 Å². The van der Waals surface area contributed by atoms with E-state index >= 15 is 0 Å². The fourth-order valence-corrected chi connectivity index (χ4v) is 1.45. The van der Waals surface area contributed by atoms with Gasteiger partial charge in [-0.1, -0.05) is 0 Å². The maximum Gasteiger partial charge on any atom is 0.164 e. The van der Waals surface area contributed by atoms with Gasteiger partial charge in [-0.3, -0.25) is 4.84 Å². The first-order chi connectivity index (χ1) is 7.31. The molecule has 1 aromatic rings. The van der Waals surface area contributed by atoms with Crippen molar-refractivity contribution in [3.63, 3.8) is 0 Å². The molecule has 0 amide bonds. The largest absolute Gasteiger partial charge is 0.507 e. The van der Waals surface area contributed by atoms with Crippen LogP contribution in [0.3, 0.4) is 0 Å². The number of benzene rings is 1. The zero-order chi connectivity index (χ0) is 10.7. The van der Waals surface area contributed by atoms with Gasteiger partial charge >= 0.3 is 0 Å². The third-order valence-electron chi connectivity index (χ3n) is 2.19. The van der Waals surface area contributed by atoms with Gasteiger partial charge in [0, 0.05) is 18.1 Å². The Bertz CT molecular complexity index is 354.